The molecule has 1 amide bonds. The van der Waals surface area contributed by atoms with Gasteiger partial charge in [0.05, 0.1) is 47.4 Å². The smallest absolute Gasteiger partial charge is 0.260 e. The summed E-state index contributed by atoms with van der Waals surface area (Å²) in [6, 6.07) is 16.2. The third-order valence-corrected chi connectivity index (χ3v) is 8.56. The number of nitrogen functional groups attached to an aromatic ring is 1. The fourth-order valence-corrected chi connectivity index (χ4v) is 5.83. The van der Waals surface area contributed by atoms with Crippen molar-refractivity contribution in [3.8, 4) is 11.5 Å². The van der Waals surface area contributed by atoms with Crippen molar-refractivity contribution < 1.29 is 23.9 Å². The van der Waals surface area contributed by atoms with Crippen LogP contribution in [-0.4, -0.2) is 86.4 Å². The number of para-hydroxylation sites is 1. The number of fused-ring (bicyclic) bond motifs is 1. The number of ketones is 1. The van der Waals surface area contributed by atoms with E-state index in [-0.39, 0.29) is 46.7 Å². The van der Waals surface area contributed by atoms with E-state index in [1.54, 1.807) is 31.4 Å². The number of benzene rings is 3. The predicted molar refractivity (Wildman–Crippen MR) is 188 cm³/mol. The number of nitrogens with one attached hydrogen (secondary N) is 1. The number of nitrogens with zero attached hydrogens (tertiary/aromatic N) is 3. The monoisotopic (exact) mass is 659 g/mol. The highest BCUT2D eigenvalue weighted by Gasteiger charge is 2.26. The summed E-state index contributed by atoms with van der Waals surface area (Å²) >= 11 is 0. The zero-order chi connectivity index (χ0) is 32.8. The number of H-pyrrole nitrogens is 1. The third kappa shape index (κ3) is 7.63. The van der Waals surface area contributed by atoms with Crippen LogP contribution in [0.1, 0.15) is 51.1 Å². The number of allylic oxidation sites excluding steroid dienone is 1. The van der Waals surface area contributed by atoms with Crippen molar-refractivity contribution in [2.45, 2.75) is 26.2 Å². The molecule has 248 valence electrons. The molecular formula is C36H42ClN5O5. The quantitative estimate of drug-likeness (QED) is 0.0884. The molecule has 1 saturated heterocycles. The summed E-state index contributed by atoms with van der Waals surface area (Å²) in [5.41, 5.74) is 10.5. The number of hydrogen-bond donors (Lipinski definition) is 2. The largest absolute Gasteiger partial charge is 0.494 e. The Balaban J connectivity index is 0.00000500. The minimum Gasteiger partial charge on any atom is -0.494 e. The number of aromatic nitrogens is 1. The van der Waals surface area contributed by atoms with Crippen LogP contribution in [-0.2, 0) is 4.79 Å². The van der Waals surface area contributed by atoms with Crippen LogP contribution in [0.15, 0.2) is 66.5 Å². The molecule has 0 bridgehead atoms. The normalized spacial score (nSPS) is 13.1. The summed E-state index contributed by atoms with van der Waals surface area (Å²) in [7, 11) is 5.18. The van der Waals surface area contributed by atoms with Gasteiger partial charge in [0.2, 0.25) is 0 Å². The first-order valence-electron chi connectivity index (χ1n) is 15.5. The molecule has 3 aromatic carbocycles. The molecule has 47 heavy (non-hydrogen) atoms. The number of carbonyl (C=O) groups is 2. The molecule has 1 aromatic heterocycles. The molecule has 3 N–H and O–H groups in total. The average molecular weight is 660 g/mol. The van der Waals surface area contributed by atoms with E-state index >= 15 is 0 Å². The van der Waals surface area contributed by atoms with Crippen LogP contribution >= 0.6 is 12.4 Å². The first-order valence-corrected chi connectivity index (χ1v) is 15.5. The Morgan fingerprint density at radius 2 is 1.74 bits per heavy atom. The van der Waals surface area contributed by atoms with Gasteiger partial charge in [-0.3, -0.25) is 9.59 Å². The molecule has 10 nitrogen and oxygen atoms in total. The molecule has 0 radical (unpaired) electrons. The maximum atomic E-state index is 13.8. The summed E-state index contributed by atoms with van der Waals surface area (Å²) in [6.45, 7) is 5.92. The highest BCUT2D eigenvalue weighted by Crippen LogP contribution is 2.36. The molecule has 0 spiro atoms. The first kappa shape index (κ1) is 35.1. The molecule has 1 aliphatic heterocycles. The van der Waals surface area contributed by atoms with Crippen molar-refractivity contribution in [3.05, 3.63) is 88.7 Å². The van der Waals surface area contributed by atoms with Gasteiger partial charge in [0.25, 0.3) is 5.91 Å². The number of piperazine rings is 1. The van der Waals surface area contributed by atoms with Gasteiger partial charge in [-0.2, -0.15) is 0 Å². The van der Waals surface area contributed by atoms with Crippen molar-refractivity contribution in [3.63, 3.8) is 0 Å². The van der Waals surface area contributed by atoms with Gasteiger partial charge in [0.15, 0.2) is 11.5 Å². The Labute approximate surface area is 281 Å². The Bertz CT molecular complexity index is 1790. The molecule has 0 saturated carbocycles. The molecular weight excluding hydrogens is 618 g/mol. The average Bonchev–Trinajstić information content (AvgIpc) is 3.55. The van der Waals surface area contributed by atoms with E-state index in [0.29, 0.717) is 30.0 Å². The molecule has 0 atom stereocenters. The van der Waals surface area contributed by atoms with Gasteiger partial charge < -0.3 is 34.9 Å². The van der Waals surface area contributed by atoms with E-state index in [2.05, 4.69) is 27.8 Å². The maximum absolute atomic E-state index is 13.8. The molecule has 5 rings (SSSR count). The number of anilines is 2. The molecule has 0 unspecified atom stereocenters. The lowest BCUT2D eigenvalue weighted by Gasteiger charge is -2.34. The number of methoxy groups -OCH3 is 1. The zero-order valence-electron chi connectivity index (χ0n) is 27.3. The summed E-state index contributed by atoms with van der Waals surface area (Å²) in [4.78, 5) is 48.0. The van der Waals surface area contributed by atoms with Crippen molar-refractivity contribution >= 4 is 52.3 Å². The number of nitrogens with two attached hydrogens (primary N) is 1. The van der Waals surface area contributed by atoms with Crippen LogP contribution in [0.25, 0.3) is 10.9 Å². The summed E-state index contributed by atoms with van der Waals surface area (Å²) < 4.78 is 11.8. The number of aryl methyl sites for hydroxylation is 1. The van der Waals surface area contributed by atoms with Gasteiger partial charge >= 0.3 is 0 Å². The minimum absolute atomic E-state index is 0. The Morgan fingerprint density at radius 3 is 2.47 bits per heavy atom. The molecule has 11 heteroatoms. The molecule has 0 aliphatic carbocycles. The topological polar surface area (TPSA) is 121 Å². The number of likely N-dealkylation sites (N-methyl/N-ethyl adjacent to an activating group) is 1. The van der Waals surface area contributed by atoms with Crippen LogP contribution in [0.4, 0.5) is 11.4 Å². The van der Waals surface area contributed by atoms with Crippen molar-refractivity contribution in [2.24, 2.45) is 0 Å². The van der Waals surface area contributed by atoms with Crippen molar-refractivity contribution in [2.75, 3.05) is 64.6 Å². The number of carbonyl (C=O) groups excluding carboxylic acids is 3. The Hall–Kier alpha value is -4.76. The van der Waals surface area contributed by atoms with Crippen LogP contribution < -0.4 is 20.1 Å². The number of ether oxygens (including phenoxy) is 2. The van der Waals surface area contributed by atoms with E-state index in [4.69, 9.17) is 15.2 Å². The predicted octanol–water partition coefficient (Wildman–Crippen LogP) is 5.51. The minimum atomic E-state index is -0.372. The fourth-order valence-electron chi connectivity index (χ4n) is 5.83. The molecule has 4 aromatic rings. The summed E-state index contributed by atoms with van der Waals surface area (Å²) in [5.74, 6) is 2.22. The number of aromatic amines is 1. The second kappa shape index (κ2) is 15.7. The lowest BCUT2D eigenvalue weighted by Crippen LogP contribution is -2.44. The standard InChI is InChI=1S/C36H41N5O5.ClH/c1-24-11-14-30(31(22-24)46-21-6-5-9-26(23-42)41-19-17-39(2)18-20-41)40(3)36(44)27-12-13-29(35(45-4)32(27)37)34(43)28-10-7-8-25-15-16-38-33(25)28;/h7-8,10-16,22,38H,5-6,9,17-21,37H2,1-4H3;1H. The van der Waals surface area contributed by atoms with Crippen LogP contribution in [0.3, 0.4) is 0 Å². The number of halogens is 1. The van der Waals surface area contributed by atoms with E-state index in [9.17, 15) is 14.4 Å². The highest BCUT2D eigenvalue weighted by molar-refractivity contribution is 6.19. The third-order valence-electron chi connectivity index (χ3n) is 8.56. The summed E-state index contributed by atoms with van der Waals surface area (Å²) in [6.07, 6.45) is 3.95. The van der Waals surface area contributed by atoms with E-state index in [0.717, 1.165) is 61.2 Å². The van der Waals surface area contributed by atoms with Crippen molar-refractivity contribution in [1.82, 2.24) is 14.8 Å². The Kier molecular flexibility index (Phi) is 11.7. The Morgan fingerprint density at radius 1 is 1.00 bits per heavy atom. The number of unbranched alkanes of at least 4 members (excludes halogenated alkanes) is 1. The van der Waals surface area contributed by atoms with Gasteiger partial charge in [0, 0.05) is 50.4 Å². The fraction of sp³-hybridized carbons (Fsp3) is 0.333. The number of rotatable bonds is 12. The van der Waals surface area contributed by atoms with E-state index in [1.165, 1.54) is 12.0 Å². The first-order chi connectivity index (χ1) is 22.2. The molecule has 1 aliphatic rings. The number of amides is 1. The second-order valence-corrected chi connectivity index (χ2v) is 11.7. The van der Waals surface area contributed by atoms with E-state index in [1.807, 2.05) is 43.3 Å². The second-order valence-electron chi connectivity index (χ2n) is 11.7. The van der Waals surface area contributed by atoms with Gasteiger partial charge in [-0.25, -0.2) is 4.79 Å². The lowest BCUT2D eigenvalue weighted by atomic mass is 9.97. The van der Waals surface area contributed by atoms with Crippen LogP contribution in [0, 0.1) is 6.92 Å². The zero-order valence-corrected chi connectivity index (χ0v) is 28.1. The lowest BCUT2D eigenvalue weighted by molar-refractivity contribution is 0.0989. The van der Waals surface area contributed by atoms with Gasteiger partial charge in [-0.15, -0.1) is 12.4 Å². The molecule has 1 fully saturated rings. The number of hydrogen-bond acceptors (Lipinski definition) is 8. The maximum Gasteiger partial charge on any atom is 0.260 e. The van der Waals surface area contributed by atoms with E-state index < -0.39 is 0 Å². The van der Waals surface area contributed by atoms with Crippen LogP contribution in [0.2, 0.25) is 0 Å². The van der Waals surface area contributed by atoms with Crippen LogP contribution in [0.5, 0.6) is 11.5 Å². The van der Waals surface area contributed by atoms with Gasteiger partial charge in [0.1, 0.15) is 11.7 Å². The van der Waals surface area contributed by atoms with Gasteiger partial charge in [-0.05, 0) is 75.2 Å². The summed E-state index contributed by atoms with van der Waals surface area (Å²) in [5, 5.41) is 0.913. The highest BCUT2D eigenvalue weighted by atomic mass is 35.5. The van der Waals surface area contributed by atoms with Crippen molar-refractivity contribution in [1.29, 1.82) is 0 Å². The SMILES string of the molecule is COc1c(C(=O)c2cccc3cc[nH]c23)ccc(C(=O)N(C)c2ccc(C)cc2OCCCCC(=C=O)N2CCN(C)CC2)c1N.Cl. The van der Waals surface area contributed by atoms with Gasteiger partial charge in [-0.1, -0.05) is 18.2 Å². The molecule has 2 heterocycles.